The van der Waals surface area contributed by atoms with Gasteiger partial charge in [-0.1, -0.05) is 13.8 Å². The van der Waals surface area contributed by atoms with Crippen LogP contribution < -0.4 is 10.6 Å². The largest absolute Gasteiger partial charge is 0.381 e. The van der Waals surface area contributed by atoms with Crippen LogP contribution in [0.15, 0.2) is 4.99 Å². The van der Waals surface area contributed by atoms with Gasteiger partial charge in [0.25, 0.3) is 0 Å². The van der Waals surface area contributed by atoms with Crippen molar-refractivity contribution in [2.45, 2.75) is 45.8 Å². The lowest BCUT2D eigenvalue weighted by Crippen LogP contribution is -2.63. The van der Waals surface area contributed by atoms with E-state index < -0.39 is 0 Å². The molecular formula is C16H33IN4O. The van der Waals surface area contributed by atoms with Crippen molar-refractivity contribution in [3.63, 3.8) is 0 Å². The van der Waals surface area contributed by atoms with Crippen molar-refractivity contribution >= 4 is 29.9 Å². The number of aliphatic imine (C=N–C) groups is 1. The first-order chi connectivity index (χ1) is 9.97. The number of rotatable bonds is 5. The molecule has 1 saturated carbocycles. The zero-order chi connectivity index (χ0) is 15.5. The van der Waals surface area contributed by atoms with E-state index >= 15 is 0 Å². The fourth-order valence-electron chi connectivity index (χ4n) is 3.41. The molecule has 22 heavy (non-hydrogen) atoms. The molecule has 1 aliphatic heterocycles. The second-order valence-electron chi connectivity index (χ2n) is 7.11. The molecule has 5 nitrogen and oxygen atoms in total. The highest BCUT2D eigenvalue weighted by atomic mass is 127. The summed E-state index contributed by atoms with van der Waals surface area (Å²) in [6.07, 6.45) is 2.67. The molecule has 130 valence electrons. The van der Waals surface area contributed by atoms with E-state index in [1.54, 1.807) is 7.11 Å². The van der Waals surface area contributed by atoms with Crippen LogP contribution >= 0.6 is 24.0 Å². The zero-order valence-corrected chi connectivity index (χ0v) is 17.0. The van der Waals surface area contributed by atoms with Gasteiger partial charge in [-0.25, -0.2) is 0 Å². The van der Waals surface area contributed by atoms with Gasteiger partial charge in [0.1, 0.15) is 0 Å². The van der Waals surface area contributed by atoms with Crippen molar-refractivity contribution in [1.82, 2.24) is 15.5 Å². The summed E-state index contributed by atoms with van der Waals surface area (Å²) in [5.41, 5.74) is 0.165. The SMILES string of the molecule is CCNC(=NCC1CCN(C)C1)NC1CC(OC)C1(C)C.I. The van der Waals surface area contributed by atoms with Gasteiger partial charge in [-0.05, 0) is 39.3 Å². The van der Waals surface area contributed by atoms with Crippen LogP contribution in [0.25, 0.3) is 0 Å². The van der Waals surface area contributed by atoms with E-state index in [1.165, 1.54) is 19.5 Å². The Bertz CT molecular complexity index is 375. The van der Waals surface area contributed by atoms with Crippen LogP contribution in [0.5, 0.6) is 0 Å². The third-order valence-corrected chi connectivity index (χ3v) is 5.11. The molecule has 3 atom stereocenters. The Labute approximate surface area is 152 Å². The van der Waals surface area contributed by atoms with Gasteiger partial charge in [0.05, 0.1) is 6.10 Å². The van der Waals surface area contributed by atoms with Crippen LogP contribution in [0.1, 0.15) is 33.6 Å². The molecule has 1 saturated heterocycles. The number of ether oxygens (including phenoxy) is 1. The van der Waals surface area contributed by atoms with Gasteiger partial charge in [0.15, 0.2) is 5.96 Å². The predicted octanol–water partition coefficient (Wildman–Crippen LogP) is 1.92. The maximum atomic E-state index is 5.52. The maximum Gasteiger partial charge on any atom is 0.191 e. The molecule has 0 radical (unpaired) electrons. The number of methoxy groups -OCH3 is 1. The molecular weight excluding hydrogens is 391 g/mol. The van der Waals surface area contributed by atoms with Gasteiger partial charge < -0.3 is 20.3 Å². The van der Waals surface area contributed by atoms with E-state index in [1.807, 2.05) is 0 Å². The van der Waals surface area contributed by atoms with E-state index in [4.69, 9.17) is 9.73 Å². The Kier molecular flexibility index (Phi) is 7.88. The van der Waals surface area contributed by atoms with E-state index in [2.05, 4.69) is 43.4 Å². The molecule has 2 rings (SSSR count). The number of likely N-dealkylation sites (tertiary alicyclic amines) is 1. The molecule has 2 fully saturated rings. The lowest BCUT2D eigenvalue weighted by Gasteiger charge is -2.51. The molecule has 6 heteroatoms. The van der Waals surface area contributed by atoms with Crippen LogP contribution in [0.3, 0.4) is 0 Å². The van der Waals surface area contributed by atoms with Crippen LogP contribution in [0.4, 0.5) is 0 Å². The topological polar surface area (TPSA) is 48.9 Å². The number of halogens is 1. The lowest BCUT2D eigenvalue weighted by molar-refractivity contribution is -0.0922. The second-order valence-corrected chi connectivity index (χ2v) is 7.11. The van der Waals surface area contributed by atoms with Gasteiger partial charge in [-0.2, -0.15) is 0 Å². The highest BCUT2D eigenvalue weighted by molar-refractivity contribution is 14.0. The standard InChI is InChI=1S/C16H32N4O.HI/c1-6-17-15(18-10-12-7-8-20(4)11-12)19-13-9-14(21-5)16(13,2)3;/h12-14H,6-11H2,1-5H3,(H2,17,18,19);1H. The van der Waals surface area contributed by atoms with Crippen LogP contribution in [-0.2, 0) is 4.74 Å². The first-order valence-electron chi connectivity index (χ1n) is 8.23. The van der Waals surface area contributed by atoms with Crippen LogP contribution in [0.2, 0.25) is 0 Å². The molecule has 1 heterocycles. The minimum absolute atomic E-state index is 0. The minimum atomic E-state index is 0. The van der Waals surface area contributed by atoms with Gasteiger partial charge >= 0.3 is 0 Å². The van der Waals surface area contributed by atoms with Gasteiger partial charge in [-0.15, -0.1) is 24.0 Å². The number of nitrogens with zero attached hydrogens (tertiary/aromatic N) is 2. The van der Waals surface area contributed by atoms with E-state index in [0.29, 0.717) is 18.1 Å². The Balaban J connectivity index is 0.00000242. The summed E-state index contributed by atoms with van der Waals surface area (Å²) in [6, 6.07) is 0.437. The number of hydrogen-bond donors (Lipinski definition) is 2. The van der Waals surface area contributed by atoms with E-state index in [9.17, 15) is 0 Å². The fraction of sp³-hybridized carbons (Fsp3) is 0.938. The smallest absolute Gasteiger partial charge is 0.191 e. The van der Waals surface area contributed by atoms with Crippen molar-refractivity contribution in [1.29, 1.82) is 0 Å². The normalized spacial score (nSPS) is 31.3. The number of hydrogen-bond acceptors (Lipinski definition) is 3. The molecule has 0 amide bonds. The summed E-state index contributed by atoms with van der Waals surface area (Å²) in [6.45, 7) is 10.8. The third kappa shape index (κ3) is 4.71. The molecule has 2 N–H and O–H groups in total. The molecule has 0 bridgehead atoms. The van der Waals surface area contributed by atoms with Crippen molar-refractivity contribution in [3.05, 3.63) is 0 Å². The van der Waals surface area contributed by atoms with E-state index in [0.717, 1.165) is 25.5 Å². The summed E-state index contributed by atoms with van der Waals surface area (Å²) < 4.78 is 5.52. The Morgan fingerprint density at radius 2 is 2.14 bits per heavy atom. The fourth-order valence-corrected chi connectivity index (χ4v) is 3.41. The second kappa shape index (κ2) is 8.68. The average Bonchev–Trinajstić information content (AvgIpc) is 2.85. The third-order valence-electron chi connectivity index (χ3n) is 5.11. The van der Waals surface area contributed by atoms with Crippen molar-refractivity contribution in [3.8, 4) is 0 Å². The summed E-state index contributed by atoms with van der Waals surface area (Å²) in [4.78, 5) is 7.18. The van der Waals surface area contributed by atoms with Crippen molar-refractivity contribution < 1.29 is 4.74 Å². The van der Waals surface area contributed by atoms with E-state index in [-0.39, 0.29) is 29.4 Å². The van der Waals surface area contributed by atoms with Crippen LogP contribution in [0, 0.1) is 11.3 Å². The monoisotopic (exact) mass is 424 g/mol. The molecule has 1 aliphatic carbocycles. The maximum absolute atomic E-state index is 5.52. The van der Waals surface area contributed by atoms with Gasteiger partial charge in [0.2, 0.25) is 0 Å². The van der Waals surface area contributed by atoms with Crippen molar-refractivity contribution in [2.75, 3.05) is 40.3 Å². The highest BCUT2D eigenvalue weighted by Crippen LogP contribution is 2.42. The summed E-state index contributed by atoms with van der Waals surface area (Å²) >= 11 is 0. The molecule has 0 spiro atoms. The van der Waals surface area contributed by atoms with Crippen molar-refractivity contribution in [2.24, 2.45) is 16.3 Å². The lowest BCUT2D eigenvalue weighted by atomic mass is 9.64. The molecule has 0 aromatic heterocycles. The number of guanidine groups is 1. The first-order valence-corrected chi connectivity index (χ1v) is 8.23. The molecule has 0 aromatic rings. The van der Waals surface area contributed by atoms with Gasteiger partial charge in [0, 0.05) is 38.2 Å². The Morgan fingerprint density at radius 1 is 1.41 bits per heavy atom. The highest BCUT2D eigenvalue weighted by Gasteiger charge is 2.48. The predicted molar refractivity (Wildman–Crippen MR) is 103 cm³/mol. The zero-order valence-electron chi connectivity index (χ0n) is 14.7. The molecule has 2 aliphatic rings. The molecule has 0 aromatic carbocycles. The first kappa shape index (κ1) is 20.0. The Hall–Kier alpha value is -0.0800. The summed E-state index contributed by atoms with van der Waals surface area (Å²) in [5.74, 6) is 1.66. The molecule has 3 unspecified atom stereocenters. The minimum Gasteiger partial charge on any atom is -0.381 e. The summed E-state index contributed by atoms with van der Waals surface area (Å²) in [7, 11) is 3.99. The van der Waals surface area contributed by atoms with Crippen LogP contribution in [-0.4, -0.2) is 63.3 Å². The Morgan fingerprint density at radius 3 is 2.64 bits per heavy atom. The van der Waals surface area contributed by atoms with Gasteiger partial charge in [-0.3, -0.25) is 4.99 Å². The average molecular weight is 424 g/mol. The summed E-state index contributed by atoms with van der Waals surface area (Å²) in [5, 5.41) is 6.96. The number of nitrogens with one attached hydrogen (secondary N) is 2. The quantitative estimate of drug-likeness (QED) is 0.402.